The third-order valence-electron chi connectivity index (χ3n) is 3.40. The van der Waals surface area contributed by atoms with Gasteiger partial charge in [0, 0.05) is 19.7 Å². The van der Waals surface area contributed by atoms with Crippen LogP contribution in [0, 0.1) is 17.2 Å². The van der Waals surface area contributed by atoms with E-state index in [0.717, 1.165) is 26.1 Å². The number of hydrogen-bond donors (Lipinski definition) is 1. The molecule has 1 atom stereocenters. The van der Waals surface area contributed by atoms with Crippen LogP contribution >= 0.6 is 0 Å². The Hall–Kier alpha value is -1.37. The van der Waals surface area contributed by atoms with Gasteiger partial charge in [-0.05, 0) is 43.0 Å². The fraction of sp³-hybridized carbons (Fsp3) is 0.500. The Balaban J connectivity index is 1.87. The number of likely N-dealkylation sites (tertiary alicyclic amines) is 1. The van der Waals surface area contributed by atoms with Gasteiger partial charge in [0.1, 0.15) is 0 Å². The monoisotopic (exact) mass is 230 g/mol. The Morgan fingerprint density at radius 1 is 1.35 bits per heavy atom. The van der Waals surface area contributed by atoms with Crippen molar-refractivity contribution in [1.82, 2.24) is 4.90 Å². The molecule has 0 saturated carbocycles. The minimum absolute atomic E-state index is 0.301. The fourth-order valence-corrected chi connectivity index (χ4v) is 2.42. The Labute approximate surface area is 102 Å². The van der Waals surface area contributed by atoms with E-state index in [0.29, 0.717) is 18.1 Å². The third kappa shape index (κ3) is 3.29. The smallest absolute Gasteiger partial charge is 0.0991 e. The third-order valence-corrected chi connectivity index (χ3v) is 3.40. The van der Waals surface area contributed by atoms with Crippen molar-refractivity contribution in [2.75, 3.05) is 19.7 Å². The van der Waals surface area contributed by atoms with E-state index in [9.17, 15) is 0 Å². The lowest BCUT2D eigenvalue weighted by molar-refractivity contribution is 0.249. The highest BCUT2D eigenvalue weighted by molar-refractivity contribution is 5.31. The zero-order valence-corrected chi connectivity index (χ0v) is 9.97. The number of nitrogens with zero attached hydrogens (tertiary/aromatic N) is 2. The van der Waals surface area contributed by atoms with E-state index < -0.39 is 0 Å². The van der Waals surface area contributed by atoms with E-state index in [1.165, 1.54) is 12.0 Å². The van der Waals surface area contributed by atoms with Crippen LogP contribution in [0.1, 0.15) is 24.0 Å². The van der Waals surface area contributed by atoms with Gasteiger partial charge in [0.2, 0.25) is 0 Å². The molecule has 1 N–H and O–H groups in total. The molecule has 1 saturated heterocycles. The molecule has 0 spiro atoms. The maximum atomic E-state index is 8.91. The molecule has 0 radical (unpaired) electrons. The van der Waals surface area contributed by atoms with E-state index in [1.807, 2.05) is 24.3 Å². The van der Waals surface area contributed by atoms with Crippen LogP contribution in [0.5, 0.6) is 0 Å². The summed E-state index contributed by atoms with van der Waals surface area (Å²) >= 11 is 0. The van der Waals surface area contributed by atoms with Gasteiger partial charge in [0.05, 0.1) is 11.6 Å². The van der Waals surface area contributed by atoms with E-state index in [4.69, 9.17) is 10.4 Å². The SMILES string of the molecule is N#Cc1ccc(CN2CCC(CCO)C2)cc1. The molecule has 1 unspecified atom stereocenters. The normalized spacial score (nSPS) is 20.4. The van der Waals surface area contributed by atoms with E-state index >= 15 is 0 Å². The Morgan fingerprint density at radius 3 is 2.76 bits per heavy atom. The van der Waals surface area contributed by atoms with Crippen LogP contribution in [-0.2, 0) is 6.54 Å². The number of aliphatic hydroxyl groups is 1. The van der Waals surface area contributed by atoms with Gasteiger partial charge < -0.3 is 5.11 Å². The highest BCUT2D eigenvalue weighted by Gasteiger charge is 2.21. The molecule has 0 aliphatic carbocycles. The van der Waals surface area contributed by atoms with Crippen LogP contribution in [0.2, 0.25) is 0 Å². The summed E-state index contributed by atoms with van der Waals surface area (Å²) in [7, 11) is 0. The van der Waals surface area contributed by atoms with Gasteiger partial charge in [0.15, 0.2) is 0 Å². The summed E-state index contributed by atoms with van der Waals surface area (Å²) in [4.78, 5) is 2.42. The summed E-state index contributed by atoms with van der Waals surface area (Å²) in [6.45, 7) is 3.45. The predicted molar refractivity (Wildman–Crippen MR) is 66.2 cm³/mol. The number of nitriles is 1. The molecule has 1 aromatic carbocycles. The molecule has 3 nitrogen and oxygen atoms in total. The minimum Gasteiger partial charge on any atom is -0.396 e. The van der Waals surface area contributed by atoms with Crippen molar-refractivity contribution in [2.45, 2.75) is 19.4 Å². The summed E-state index contributed by atoms with van der Waals surface area (Å²) in [5.74, 6) is 0.651. The van der Waals surface area contributed by atoms with Crippen LogP contribution in [0.3, 0.4) is 0 Å². The molecule has 1 aliphatic rings. The number of aliphatic hydroxyl groups excluding tert-OH is 1. The Bertz CT molecular complexity index is 394. The van der Waals surface area contributed by atoms with Crippen LogP contribution in [-0.4, -0.2) is 29.7 Å². The van der Waals surface area contributed by atoms with Gasteiger partial charge >= 0.3 is 0 Å². The summed E-state index contributed by atoms with van der Waals surface area (Å²) < 4.78 is 0. The molecule has 0 bridgehead atoms. The van der Waals surface area contributed by atoms with Crippen LogP contribution < -0.4 is 0 Å². The maximum absolute atomic E-state index is 8.91. The summed E-state index contributed by atoms with van der Waals surface area (Å²) in [5.41, 5.74) is 1.97. The van der Waals surface area contributed by atoms with Crippen molar-refractivity contribution in [1.29, 1.82) is 5.26 Å². The predicted octanol–water partition coefficient (Wildman–Crippen LogP) is 1.76. The molecule has 90 valence electrons. The first-order valence-electron chi connectivity index (χ1n) is 6.14. The van der Waals surface area contributed by atoms with Crippen molar-refractivity contribution in [3.8, 4) is 6.07 Å². The molecule has 2 rings (SSSR count). The largest absolute Gasteiger partial charge is 0.396 e. The first-order chi connectivity index (χ1) is 8.31. The highest BCUT2D eigenvalue weighted by atomic mass is 16.3. The zero-order valence-electron chi connectivity index (χ0n) is 9.97. The lowest BCUT2D eigenvalue weighted by Gasteiger charge is -2.15. The standard InChI is InChI=1S/C14H18N2O/c15-9-12-1-3-13(4-2-12)10-16-7-5-14(11-16)6-8-17/h1-4,14,17H,5-8,10-11H2. The van der Waals surface area contributed by atoms with Gasteiger partial charge in [-0.3, -0.25) is 4.90 Å². The minimum atomic E-state index is 0.301. The number of hydrogen-bond acceptors (Lipinski definition) is 3. The van der Waals surface area contributed by atoms with Crippen molar-refractivity contribution < 1.29 is 5.11 Å². The van der Waals surface area contributed by atoms with Crippen LogP contribution in [0.4, 0.5) is 0 Å². The quantitative estimate of drug-likeness (QED) is 0.857. The van der Waals surface area contributed by atoms with Crippen molar-refractivity contribution >= 4 is 0 Å². The number of benzene rings is 1. The van der Waals surface area contributed by atoms with Gasteiger partial charge in [-0.15, -0.1) is 0 Å². The average molecular weight is 230 g/mol. The summed E-state index contributed by atoms with van der Waals surface area (Å²) in [6.07, 6.45) is 2.11. The van der Waals surface area contributed by atoms with Crippen molar-refractivity contribution in [3.05, 3.63) is 35.4 Å². The molecule has 0 amide bonds. The molecule has 1 fully saturated rings. The van der Waals surface area contributed by atoms with E-state index in [-0.39, 0.29) is 0 Å². The topological polar surface area (TPSA) is 47.3 Å². The molecule has 1 heterocycles. The molecule has 0 aromatic heterocycles. The first-order valence-corrected chi connectivity index (χ1v) is 6.14. The molecule has 17 heavy (non-hydrogen) atoms. The lowest BCUT2D eigenvalue weighted by Crippen LogP contribution is -2.20. The molecule has 1 aromatic rings. The van der Waals surface area contributed by atoms with Gasteiger partial charge in [-0.1, -0.05) is 12.1 Å². The molecular formula is C14H18N2O. The van der Waals surface area contributed by atoms with E-state index in [1.54, 1.807) is 0 Å². The van der Waals surface area contributed by atoms with Crippen LogP contribution in [0.15, 0.2) is 24.3 Å². The average Bonchev–Trinajstić information content (AvgIpc) is 2.78. The second-order valence-electron chi connectivity index (χ2n) is 4.71. The first kappa shape index (κ1) is 12.1. The Kier molecular flexibility index (Phi) is 4.13. The van der Waals surface area contributed by atoms with E-state index in [2.05, 4.69) is 11.0 Å². The lowest BCUT2D eigenvalue weighted by atomic mass is 10.1. The Morgan fingerprint density at radius 2 is 2.12 bits per heavy atom. The highest BCUT2D eigenvalue weighted by Crippen LogP contribution is 2.21. The number of rotatable bonds is 4. The van der Waals surface area contributed by atoms with Crippen molar-refractivity contribution in [2.24, 2.45) is 5.92 Å². The summed E-state index contributed by atoms with van der Waals surface area (Å²) in [5, 5.41) is 17.6. The van der Waals surface area contributed by atoms with Crippen molar-refractivity contribution in [3.63, 3.8) is 0 Å². The second-order valence-corrected chi connectivity index (χ2v) is 4.71. The zero-order chi connectivity index (χ0) is 12.1. The molecule has 1 aliphatic heterocycles. The molecule has 3 heteroatoms. The molecular weight excluding hydrogens is 212 g/mol. The van der Waals surface area contributed by atoms with Gasteiger partial charge in [-0.2, -0.15) is 5.26 Å². The van der Waals surface area contributed by atoms with Gasteiger partial charge in [0.25, 0.3) is 0 Å². The summed E-state index contributed by atoms with van der Waals surface area (Å²) in [6, 6.07) is 9.92. The van der Waals surface area contributed by atoms with Crippen LogP contribution in [0.25, 0.3) is 0 Å². The second kappa shape index (κ2) is 5.81. The van der Waals surface area contributed by atoms with Gasteiger partial charge in [-0.25, -0.2) is 0 Å². The maximum Gasteiger partial charge on any atom is 0.0991 e. The fourth-order valence-electron chi connectivity index (χ4n) is 2.42.